The van der Waals surface area contributed by atoms with Gasteiger partial charge in [0.05, 0.1) is 16.1 Å². The highest BCUT2D eigenvalue weighted by molar-refractivity contribution is 6.66. The highest BCUT2D eigenvalue weighted by Crippen LogP contribution is 2.37. The number of halogens is 5. The Hall–Kier alpha value is -0.220. The summed E-state index contributed by atoms with van der Waals surface area (Å²) in [5, 5.41) is -0.0120. The van der Waals surface area contributed by atoms with Gasteiger partial charge in [-0.3, -0.25) is 0 Å². The zero-order valence-corrected chi connectivity index (χ0v) is 10.0. The molecule has 2 nitrogen and oxygen atoms in total. The summed E-state index contributed by atoms with van der Waals surface area (Å²) in [6, 6.07) is 2.56. The highest BCUT2D eigenvalue weighted by Gasteiger charge is 2.27. The fourth-order valence-corrected chi connectivity index (χ4v) is 1.57. The smallest absolute Gasteiger partial charge is 0.248 e. The second-order valence-corrected chi connectivity index (χ2v) is 5.56. The molecular weight excluding hydrogens is 285 g/mol. The van der Waals surface area contributed by atoms with Gasteiger partial charge in [-0.15, -0.1) is 0 Å². The molecule has 15 heavy (non-hydrogen) atoms. The molecule has 1 N–H and O–H groups in total. The average molecular weight is 288 g/mol. The molecule has 1 aromatic heterocycles. The summed E-state index contributed by atoms with van der Waals surface area (Å²) in [5.74, 6) is -0.435. The van der Waals surface area contributed by atoms with Crippen molar-refractivity contribution in [2.75, 3.05) is 0 Å². The highest BCUT2D eigenvalue weighted by atomic mass is 35.6. The lowest BCUT2D eigenvalue weighted by Crippen LogP contribution is -2.01. The molecule has 80 valence electrons. The quantitative estimate of drug-likeness (QED) is 0.724. The third-order valence-corrected chi connectivity index (χ3v) is 2.62. The van der Waals surface area contributed by atoms with E-state index in [1.54, 1.807) is 0 Å². The molecule has 0 bridgehead atoms. The first-order valence-electron chi connectivity index (χ1n) is 3.80. The number of nitrogens with one attached hydrogen (secondary N) is 1. The Kier molecular flexibility index (Phi) is 2.75. The Labute approximate surface area is 104 Å². The first-order chi connectivity index (χ1) is 6.88. The number of rotatable bonds is 0. The lowest BCUT2D eigenvalue weighted by Gasteiger charge is -2.04. The van der Waals surface area contributed by atoms with E-state index in [2.05, 4.69) is 9.97 Å². The van der Waals surface area contributed by atoms with Gasteiger partial charge in [0.15, 0.2) is 5.82 Å². The number of aromatic amines is 1. The molecule has 0 radical (unpaired) electrons. The molecule has 0 unspecified atom stereocenters. The summed E-state index contributed by atoms with van der Waals surface area (Å²) in [6.45, 7) is 0. The number of nitrogens with zero attached hydrogens (tertiary/aromatic N) is 1. The van der Waals surface area contributed by atoms with Crippen molar-refractivity contribution in [2.24, 2.45) is 0 Å². The van der Waals surface area contributed by atoms with Crippen LogP contribution in [0.25, 0.3) is 11.0 Å². The molecule has 0 amide bonds. The zero-order valence-electron chi connectivity index (χ0n) is 6.99. The fraction of sp³-hybridized carbons (Fsp3) is 0.125. The molecule has 2 rings (SSSR count). The molecule has 0 aliphatic heterocycles. The van der Waals surface area contributed by atoms with E-state index in [1.807, 2.05) is 0 Å². The Morgan fingerprint density at radius 3 is 2.53 bits per heavy atom. The molecule has 2 aromatic rings. The second kappa shape index (κ2) is 3.67. The van der Waals surface area contributed by atoms with Crippen molar-refractivity contribution < 1.29 is 4.39 Å². The predicted octanol–water partition coefficient (Wildman–Crippen LogP) is 4.18. The van der Waals surface area contributed by atoms with Crippen LogP contribution in [0.3, 0.4) is 0 Å². The fourth-order valence-electron chi connectivity index (χ4n) is 1.14. The molecule has 0 saturated carbocycles. The van der Waals surface area contributed by atoms with E-state index in [-0.39, 0.29) is 10.8 Å². The number of imidazole rings is 1. The molecule has 0 fully saturated rings. The number of benzene rings is 1. The standard InChI is InChI=1S/C8H3Cl4FN2/c9-3-1-5-6(2-4(3)13)15-7(14-5)8(10,11)12/h1-2H,(H,14,15). The van der Waals surface area contributed by atoms with Crippen molar-refractivity contribution in [3.05, 3.63) is 28.8 Å². The van der Waals surface area contributed by atoms with Crippen LogP contribution in [0.4, 0.5) is 4.39 Å². The number of alkyl halides is 3. The van der Waals surface area contributed by atoms with E-state index in [9.17, 15) is 4.39 Å². The van der Waals surface area contributed by atoms with Crippen LogP contribution in [-0.2, 0) is 3.79 Å². The Morgan fingerprint density at radius 1 is 1.27 bits per heavy atom. The minimum atomic E-state index is -1.66. The molecule has 0 aliphatic rings. The molecular formula is C8H3Cl4FN2. The van der Waals surface area contributed by atoms with Crippen molar-refractivity contribution in [1.82, 2.24) is 9.97 Å². The van der Waals surface area contributed by atoms with Gasteiger partial charge >= 0.3 is 0 Å². The van der Waals surface area contributed by atoms with E-state index in [0.717, 1.165) is 0 Å². The van der Waals surface area contributed by atoms with Crippen molar-refractivity contribution >= 4 is 57.4 Å². The number of H-pyrrole nitrogens is 1. The van der Waals surface area contributed by atoms with E-state index >= 15 is 0 Å². The van der Waals surface area contributed by atoms with Gasteiger partial charge in [-0.05, 0) is 6.07 Å². The number of hydrogen-bond donors (Lipinski definition) is 1. The lowest BCUT2D eigenvalue weighted by atomic mass is 10.3. The monoisotopic (exact) mass is 286 g/mol. The molecule has 7 heteroatoms. The van der Waals surface area contributed by atoms with Crippen molar-refractivity contribution in [3.63, 3.8) is 0 Å². The molecule has 1 aromatic carbocycles. The van der Waals surface area contributed by atoms with Crippen LogP contribution in [0, 0.1) is 5.82 Å². The van der Waals surface area contributed by atoms with Gasteiger partial charge in [-0.25, -0.2) is 9.37 Å². The van der Waals surface area contributed by atoms with E-state index in [4.69, 9.17) is 46.4 Å². The van der Waals surface area contributed by atoms with Gasteiger partial charge in [0, 0.05) is 6.07 Å². The van der Waals surface area contributed by atoms with E-state index < -0.39 is 9.61 Å². The Morgan fingerprint density at radius 2 is 1.93 bits per heavy atom. The van der Waals surface area contributed by atoms with Gasteiger partial charge in [-0.1, -0.05) is 46.4 Å². The van der Waals surface area contributed by atoms with Crippen LogP contribution >= 0.6 is 46.4 Å². The average Bonchev–Trinajstić information content (AvgIpc) is 2.47. The van der Waals surface area contributed by atoms with Crippen LogP contribution in [0.1, 0.15) is 5.82 Å². The van der Waals surface area contributed by atoms with Crippen molar-refractivity contribution in [2.45, 2.75) is 3.79 Å². The minimum Gasteiger partial charge on any atom is -0.338 e. The van der Waals surface area contributed by atoms with Crippen molar-refractivity contribution in [3.8, 4) is 0 Å². The molecule has 0 saturated heterocycles. The summed E-state index contributed by atoms with van der Waals surface area (Å²) in [6.07, 6.45) is 0. The minimum absolute atomic E-state index is 0.0120. The first-order valence-corrected chi connectivity index (χ1v) is 5.31. The topological polar surface area (TPSA) is 28.7 Å². The second-order valence-electron chi connectivity index (χ2n) is 2.87. The van der Waals surface area contributed by atoms with Crippen LogP contribution in [0.5, 0.6) is 0 Å². The largest absolute Gasteiger partial charge is 0.338 e. The third-order valence-electron chi connectivity index (χ3n) is 1.79. The Balaban J connectivity index is 2.66. The van der Waals surface area contributed by atoms with Crippen LogP contribution in [0.2, 0.25) is 5.02 Å². The normalized spacial score (nSPS) is 12.3. The molecule has 1 heterocycles. The Bertz CT molecular complexity index is 478. The van der Waals surface area contributed by atoms with Gasteiger partial charge < -0.3 is 4.98 Å². The van der Waals surface area contributed by atoms with Gasteiger partial charge in [0.1, 0.15) is 5.82 Å². The molecule has 0 aliphatic carbocycles. The number of fused-ring (bicyclic) bond motifs is 1. The van der Waals surface area contributed by atoms with Crippen LogP contribution in [-0.4, -0.2) is 9.97 Å². The number of hydrogen-bond acceptors (Lipinski definition) is 1. The van der Waals surface area contributed by atoms with E-state index in [1.165, 1.54) is 12.1 Å². The molecule has 0 spiro atoms. The predicted molar refractivity (Wildman–Crippen MR) is 60.3 cm³/mol. The van der Waals surface area contributed by atoms with Crippen molar-refractivity contribution in [1.29, 1.82) is 0 Å². The maximum Gasteiger partial charge on any atom is 0.248 e. The SMILES string of the molecule is Fc1cc2nc(C(Cl)(Cl)Cl)[nH]c2cc1Cl. The third kappa shape index (κ3) is 2.16. The zero-order chi connectivity index (χ0) is 11.2. The van der Waals surface area contributed by atoms with E-state index in [0.29, 0.717) is 11.0 Å². The first kappa shape index (κ1) is 11.3. The van der Waals surface area contributed by atoms with Gasteiger partial charge in [0.2, 0.25) is 3.79 Å². The summed E-state index contributed by atoms with van der Waals surface area (Å²) in [4.78, 5) is 6.68. The summed E-state index contributed by atoms with van der Waals surface area (Å²) >= 11 is 22.4. The maximum atomic E-state index is 13.1. The number of aromatic nitrogens is 2. The maximum absolute atomic E-state index is 13.1. The van der Waals surface area contributed by atoms with Crippen LogP contribution in [0.15, 0.2) is 12.1 Å². The van der Waals surface area contributed by atoms with Gasteiger partial charge in [-0.2, -0.15) is 0 Å². The lowest BCUT2D eigenvalue weighted by molar-refractivity contribution is 0.630. The molecule has 0 atom stereocenters. The van der Waals surface area contributed by atoms with Crippen LogP contribution < -0.4 is 0 Å². The summed E-state index contributed by atoms with van der Waals surface area (Å²) in [7, 11) is 0. The summed E-state index contributed by atoms with van der Waals surface area (Å²) in [5.41, 5.74) is 0.876. The summed E-state index contributed by atoms with van der Waals surface area (Å²) < 4.78 is 11.4. The van der Waals surface area contributed by atoms with Gasteiger partial charge in [0.25, 0.3) is 0 Å².